The maximum atomic E-state index is 12.4. The van der Waals surface area contributed by atoms with Crippen LogP contribution < -0.4 is 4.74 Å². The number of carbonyl (C=O) groups excluding carboxylic acids is 1. The van der Waals surface area contributed by atoms with Crippen LogP contribution in [0.1, 0.15) is 27.4 Å². The van der Waals surface area contributed by atoms with Crippen LogP contribution >= 0.6 is 0 Å². The molecule has 1 unspecified atom stereocenters. The molecule has 5 heteroatoms. The molecular formula is C15H15N3O2. The minimum atomic E-state index is -0.894. The lowest BCUT2D eigenvalue weighted by molar-refractivity contribution is 0.0977. The first-order valence-electron chi connectivity index (χ1n) is 6.14. The van der Waals surface area contributed by atoms with Gasteiger partial charge in [0.2, 0.25) is 0 Å². The summed E-state index contributed by atoms with van der Waals surface area (Å²) in [5, 5.41) is 13.3. The summed E-state index contributed by atoms with van der Waals surface area (Å²) in [6.07, 6.45) is 3.07. The molecule has 0 amide bonds. The van der Waals surface area contributed by atoms with Crippen molar-refractivity contribution in [2.75, 3.05) is 7.11 Å². The Morgan fingerprint density at radius 1 is 1.50 bits per heavy atom. The summed E-state index contributed by atoms with van der Waals surface area (Å²) in [4.78, 5) is 12.4. The largest absolute Gasteiger partial charge is 0.496 e. The number of hydrogen-bond donors (Lipinski definition) is 0. The molecule has 20 heavy (non-hydrogen) atoms. The fourth-order valence-corrected chi connectivity index (χ4v) is 2.06. The third kappa shape index (κ3) is 2.54. The van der Waals surface area contributed by atoms with Gasteiger partial charge in [0.25, 0.3) is 0 Å². The Morgan fingerprint density at radius 2 is 2.25 bits per heavy atom. The molecule has 1 heterocycles. The highest BCUT2D eigenvalue weighted by Crippen LogP contribution is 2.29. The quantitative estimate of drug-likeness (QED) is 0.798. The normalized spacial score (nSPS) is 11.7. The zero-order valence-corrected chi connectivity index (χ0v) is 11.6. The summed E-state index contributed by atoms with van der Waals surface area (Å²) in [7, 11) is 3.25. The molecular weight excluding hydrogens is 254 g/mol. The van der Waals surface area contributed by atoms with Crippen LogP contribution in [-0.2, 0) is 7.05 Å². The lowest BCUT2D eigenvalue weighted by atomic mass is 9.91. The SMILES string of the molecule is COc1ccc(C)cc1C(C#N)C(=O)c1cnn(C)c1. The number of benzene rings is 1. The average molecular weight is 269 g/mol. The van der Waals surface area contributed by atoms with Crippen molar-refractivity contribution in [3.8, 4) is 11.8 Å². The molecule has 0 aliphatic carbocycles. The summed E-state index contributed by atoms with van der Waals surface area (Å²) in [6, 6.07) is 7.52. The molecule has 0 aliphatic heterocycles. The van der Waals surface area contributed by atoms with Crippen LogP contribution in [0.2, 0.25) is 0 Å². The Bertz CT molecular complexity index is 683. The van der Waals surface area contributed by atoms with Crippen molar-refractivity contribution < 1.29 is 9.53 Å². The second kappa shape index (κ2) is 5.57. The van der Waals surface area contributed by atoms with Crippen LogP contribution in [0.25, 0.3) is 0 Å². The summed E-state index contributed by atoms with van der Waals surface area (Å²) < 4.78 is 6.79. The van der Waals surface area contributed by atoms with Crippen LogP contribution in [0, 0.1) is 18.3 Å². The summed E-state index contributed by atoms with van der Waals surface area (Å²) in [6.45, 7) is 1.91. The third-order valence-electron chi connectivity index (χ3n) is 3.08. The van der Waals surface area contributed by atoms with E-state index < -0.39 is 5.92 Å². The smallest absolute Gasteiger partial charge is 0.187 e. The summed E-state index contributed by atoms with van der Waals surface area (Å²) in [5.41, 5.74) is 1.98. The molecule has 102 valence electrons. The van der Waals surface area contributed by atoms with Crippen molar-refractivity contribution in [3.63, 3.8) is 0 Å². The van der Waals surface area contributed by atoms with E-state index in [1.165, 1.54) is 18.0 Å². The van der Waals surface area contributed by atoms with Gasteiger partial charge in [0, 0.05) is 18.8 Å². The van der Waals surface area contributed by atoms with Gasteiger partial charge >= 0.3 is 0 Å². The lowest BCUT2D eigenvalue weighted by Gasteiger charge is -2.13. The Balaban J connectivity index is 2.45. The minimum absolute atomic E-state index is 0.274. The average Bonchev–Trinajstić information content (AvgIpc) is 2.86. The van der Waals surface area contributed by atoms with Crippen LogP contribution in [0.5, 0.6) is 5.75 Å². The first-order valence-corrected chi connectivity index (χ1v) is 6.14. The number of hydrogen-bond acceptors (Lipinski definition) is 4. The Hall–Kier alpha value is -2.61. The molecule has 2 rings (SSSR count). The van der Waals surface area contributed by atoms with E-state index in [0.29, 0.717) is 16.9 Å². The summed E-state index contributed by atoms with van der Waals surface area (Å²) in [5.74, 6) is -0.627. The van der Waals surface area contributed by atoms with Crippen LogP contribution in [-0.4, -0.2) is 22.7 Å². The van der Waals surface area contributed by atoms with Crippen LogP contribution in [0.3, 0.4) is 0 Å². The number of rotatable bonds is 4. The van der Waals surface area contributed by atoms with Crippen molar-refractivity contribution in [2.24, 2.45) is 7.05 Å². The van der Waals surface area contributed by atoms with Crippen molar-refractivity contribution in [2.45, 2.75) is 12.8 Å². The van der Waals surface area contributed by atoms with Crippen molar-refractivity contribution in [3.05, 3.63) is 47.3 Å². The Labute approximate surface area is 117 Å². The van der Waals surface area contributed by atoms with Gasteiger partial charge in [-0.05, 0) is 13.0 Å². The van der Waals surface area contributed by atoms with E-state index in [4.69, 9.17) is 4.74 Å². The van der Waals surface area contributed by atoms with E-state index in [0.717, 1.165) is 5.56 Å². The van der Waals surface area contributed by atoms with Gasteiger partial charge in [-0.2, -0.15) is 10.4 Å². The molecule has 0 saturated heterocycles. The van der Waals surface area contributed by atoms with Crippen LogP contribution in [0.4, 0.5) is 0 Å². The van der Waals surface area contributed by atoms with E-state index in [1.807, 2.05) is 13.0 Å². The number of ketones is 1. The monoisotopic (exact) mass is 269 g/mol. The number of aromatic nitrogens is 2. The molecule has 0 spiro atoms. The minimum Gasteiger partial charge on any atom is -0.496 e. The molecule has 1 aromatic carbocycles. The van der Waals surface area contributed by atoms with Gasteiger partial charge in [0.05, 0.1) is 24.9 Å². The standard InChI is InChI=1S/C15H15N3O2/c1-10-4-5-14(20-3)12(6-10)13(7-16)15(19)11-8-17-18(2)9-11/h4-6,8-9,13H,1-3H3. The number of nitriles is 1. The molecule has 0 aliphatic rings. The predicted octanol–water partition coefficient (Wildman–Crippen LogP) is 2.23. The molecule has 5 nitrogen and oxygen atoms in total. The van der Waals surface area contributed by atoms with Gasteiger partial charge in [-0.25, -0.2) is 0 Å². The fourth-order valence-electron chi connectivity index (χ4n) is 2.06. The molecule has 0 saturated carbocycles. The summed E-state index contributed by atoms with van der Waals surface area (Å²) >= 11 is 0. The third-order valence-corrected chi connectivity index (χ3v) is 3.08. The van der Waals surface area contributed by atoms with Gasteiger partial charge < -0.3 is 4.74 Å². The van der Waals surface area contributed by atoms with E-state index in [2.05, 4.69) is 11.2 Å². The molecule has 2 aromatic rings. The van der Waals surface area contributed by atoms with Crippen LogP contribution in [0.15, 0.2) is 30.6 Å². The Morgan fingerprint density at radius 3 is 2.80 bits per heavy atom. The molecule has 1 atom stereocenters. The molecule has 0 fully saturated rings. The predicted molar refractivity (Wildman–Crippen MR) is 73.6 cm³/mol. The molecule has 1 aromatic heterocycles. The highest BCUT2D eigenvalue weighted by atomic mass is 16.5. The van der Waals surface area contributed by atoms with Gasteiger partial charge in [0.15, 0.2) is 5.78 Å². The number of methoxy groups -OCH3 is 1. The van der Waals surface area contributed by atoms with Gasteiger partial charge in [-0.3, -0.25) is 9.48 Å². The van der Waals surface area contributed by atoms with E-state index in [1.54, 1.807) is 25.4 Å². The topological polar surface area (TPSA) is 67.9 Å². The van der Waals surface area contributed by atoms with Gasteiger partial charge in [-0.1, -0.05) is 17.7 Å². The van der Waals surface area contributed by atoms with E-state index in [-0.39, 0.29) is 5.78 Å². The van der Waals surface area contributed by atoms with Crippen molar-refractivity contribution in [1.29, 1.82) is 5.26 Å². The number of aryl methyl sites for hydroxylation is 2. The number of nitrogens with zero attached hydrogens (tertiary/aromatic N) is 3. The number of carbonyl (C=O) groups is 1. The molecule has 0 bridgehead atoms. The fraction of sp³-hybridized carbons (Fsp3) is 0.267. The number of Topliss-reactive ketones (excluding diaryl/α,β-unsaturated/α-hetero) is 1. The van der Waals surface area contributed by atoms with E-state index >= 15 is 0 Å². The van der Waals surface area contributed by atoms with Gasteiger partial charge in [0.1, 0.15) is 11.7 Å². The van der Waals surface area contributed by atoms with Crippen molar-refractivity contribution in [1.82, 2.24) is 9.78 Å². The zero-order valence-electron chi connectivity index (χ0n) is 11.6. The Kier molecular flexibility index (Phi) is 3.85. The number of ether oxygens (including phenoxy) is 1. The first-order chi connectivity index (χ1) is 9.56. The maximum Gasteiger partial charge on any atom is 0.187 e. The second-order valence-electron chi connectivity index (χ2n) is 4.57. The second-order valence-corrected chi connectivity index (χ2v) is 4.57. The molecule has 0 radical (unpaired) electrons. The first kappa shape index (κ1) is 13.8. The highest BCUT2D eigenvalue weighted by Gasteiger charge is 2.26. The molecule has 0 N–H and O–H groups in total. The van der Waals surface area contributed by atoms with Gasteiger partial charge in [-0.15, -0.1) is 0 Å². The van der Waals surface area contributed by atoms with E-state index in [9.17, 15) is 10.1 Å². The zero-order chi connectivity index (χ0) is 14.7. The lowest BCUT2D eigenvalue weighted by Crippen LogP contribution is -2.12. The maximum absolute atomic E-state index is 12.4. The highest BCUT2D eigenvalue weighted by molar-refractivity contribution is 6.02. The van der Waals surface area contributed by atoms with Crippen molar-refractivity contribution >= 4 is 5.78 Å².